The summed E-state index contributed by atoms with van der Waals surface area (Å²) < 4.78 is 17.1. The largest absolute Gasteiger partial charge is 0.507 e. The summed E-state index contributed by atoms with van der Waals surface area (Å²) in [5, 5.41) is 24.6. The Morgan fingerprint density at radius 1 is 1.07 bits per heavy atom. The molecule has 5 bridgehead atoms. The smallest absolute Gasteiger partial charge is 0.312 e. The Labute approximate surface area is 268 Å². The maximum Gasteiger partial charge on any atom is 0.312 e. The van der Waals surface area contributed by atoms with E-state index in [1.165, 1.54) is 27.0 Å². The molecule has 0 saturated heterocycles. The molecule has 0 saturated carbocycles. The second-order valence-corrected chi connectivity index (χ2v) is 12.6. The lowest BCUT2D eigenvalue weighted by atomic mass is 9.84. The molecule has 46 heavy (non-hydrogen) atoms. The van der Waals surface area contributed by atoms with E-state index in [0.717, 1.165) is 6.08 Å². The fourth-order valence-electron chi connectivity index (χ4n) is 6.08. The van der Waals surface area contributed by atoms with Gasteiger partial charge in [0.2, 0.25) is 5.78 Å². The Kier molecular flexibility index (Phi) is 10.1. The molecule has 1 aliphatic carbocycles. The zero-order valence-corrected chi connectivity index (χ0v) is 27.1. The van der Waals surface area contributed by atoms with Gasteiger partial charge in [-0.25, -0.2) is 0 Å². The Morgan fingerprint density at radius 2 is 1.76 bits per heavy atom. The van der Waals surface area contributed by atoms with Crippen molar-refractivity contribution in [2.24, 2.45) is 17.8 Å². The number of allylic oxidation sites excluding steroid dienone is 6. The van der Waals surface area contributed by atoms with Gasteiger partial charge in [0.05, 0.1) is 34.8 Å². The van der Waals surface area contributed by atoms with E-state index in [2.05, 4.69) is 5.32 Å². The van der Waals surface area contributed by atoms with Gasteiger partial charge in [0.1, 0.15) is 17.6 Å². The van der Waals surface area contributed by atoms with Gasteiger partial charge in [-0.05, 0) is 56.9 Å². The van der Waals surface area contributed by atoms with E-state index in [9.17, 15) is 34.2 Å². The van der Waals surface area contributed by atoms with Crippen LogP contribution in [0, 0.1) is 24.7 Å². The van der Waals surface area contributed by atoms with Gasteiger partial charge in [0.25, 0.3) is 11.7 Å². The number of phenolic OH excluding ortho intramolecular Hbond substituents is 1. The van der Waals surface area contributed by atoms with Crippen LogP contribution < -0.4 is 10.1 Å². The lowest BCUT2D eigenvalue weighted by Crippen LogP contribution is -2.39. The summed E-state index contributed by atoms with van der Waals surface area (Å²) in [4.78, 5) is 65.5. The number of aromatic hydroxyl groups is 1. The average Bonchev–Trinajstić information content (AvgIpc) is 3.23. The number of carbonyl (C=O) groups excluding carboxylic acids is 5. The first-order valence-electron chi connectivity index (χ1n) is 15.3. The van der Waals surface area contributed by atoms with Crippen LogP contribution >= 0.6 is 0 Å². The molecule has 11 nitrogen and oxygen atoms in total. The van der Waals surface area contributed by atoms with E-state index in [1.807, 2.05) is 26.8 Å². The van der Waals surface area contributed by atoms with Gasteiger partial charge in [0.15, 0.2) is 5.78 Å². The predicted octanol–water partition coefficient (Wildman–Crippen LogP) is 4.79. The van der Waals surface area contributed by atoms with Crippen LogP contribution in [0.2, 0.25) is 0 Å². The van der Waals surface area contributed by atoms with Crippen molar-refractivity contribution in [2.75, 3.05) is 0 Å². The molecule has 3 unspecified atom stereocenters. The molecule has 1 aromatic rings. The first kappa shape index (κ1) is 34.4. The summed E-state index contributed by atoms with van der Waals surface area (Å²) in [6, 6.07) is 0. The summed E-state index contributed by atoms with van der Waals surface area (Å²) in [6.07, 6.45) is 8.68. The molecule has 0 radical (unpaired) electrons. The van der Waals surface area contributed by atoms with Gasteiger partial charge in [-0.1, -0.05) is 39.0 Å². The minimum absolute atomic E-state index is 0.0500. The predicted molar refractivity (Wildman–Crippen MR) is 167 cm³/mol. The highest BCUT2D eigenvalue weighted by Gasteiger charge is 2.51. The second-order valence-electron chi connectivity index (χ2n) is 12.6. The number of amides is 1. The number of hydrogen-bond donors (Lipinski definition) is 3. The van der Waals surface area contributed by atoms with E-state index in [4.69, 9.17) is 14.2 Å². The molecule has 0 aromatic heterocycles. The normalized spacial score (nSPS) is 31.5. The van der Waals surface area contributed by atoms with Crippen molar-refractivity contribution in [3.05, 3.63) is 70.2 Å². The van der Waals surface area contributed by atoms with E-state index in [0.29, 0.717) is 19.3 Å². The van der Waals surface area contributed by atoms with Crippen molar-refractivity contribution in [3.63, 3.8) is 0 Å². The summed E-state index contributed by atoms with van der Waals surface area (Å²) in [5.74, 6) is -6.23. The van der Waals surface area contributed by atoms with Crippen LogP contribution in [-0.2, 0) is 19.1 Å². The van der Waals surface area contributed by atoms with E-state index < -0.39 is 58.5 Å². The summed E-state index contributed by atoms with van der Waals surface area (Å²) in [7, 11) is 0. The Hall–Kier alpha value is -4.51. The molecule has 0 spiro atoms. The number of ether oxygens (including phenoxy) is 3. The minimum Gasteiger partial charge on any atom is -0.507 e. The quantitative estimate of drug-likeness (QED) is 0.365. The van der Waals surface area contributed by atoms with Crippen LogP contribution in [0.15, 0.2) is 47.9 Å². The molecular formula is C35H41NO10. The number of phenols is 1. The second kappa shape index (κ2) is 13.5. The van der Waals surface area contributed by atoms with Crippen molar-refractivity contribution in [2.45, 2.75) is 85.7 Å². The van der Waals surface area contributed by atoms with Gasteiger partial charge >= 0.3 is 11.8 Å². The molecule has 1 amide bonds. The highest BCUT2D eigenvalue weighted by atomic mass is 16.7. The van der Waals surface area contributed by atoms with Gasteiger partial charge in [-0.15, -0.1) is 0 Å². The number of ketones is 3. The van der Waals surface area contributed by atoms with Crippen LogP contribution in [0.3, 0.4) is 0 Å². The molecule has 4 aliphatic rings. The van der Waals surface area contributed by atoms with E-state index in [-0.39, 0.29) is 51.5 Å². The fourth-order valence-corrected chi connectivity index (χ4v) is 6.08. The zero-order chi connectivity index (χ0) is 34.1. The number of carbonyl (C=O) groups is 5. The van der Waals surface area contributed by atoms with Crippen LogP contribution in [0.5, 0.6) is 11.5 Å². The van der Waals surface area contributed by atoms with Crippen molar-refractivity contribution >= 4 is 29.2 Å². The number of rotatable bonds is 1. The number of nitrogens with one attached hydrogen (secondary N) is 1. The zero-order valence-electron chi connectivity index (χ0n) is 27.1. The Morgan fingerprint density at radius 3 is 2.43 bits per heavy atom. The monoisotopic (exact) mass is 635 g/mol. The lowest BCUT2D eigenvalue weighted by molar-refractivity contribution is -0.157. The number of benzene rings is 1. The lowest BCUT2D eigenvalue weighted by Gasteiger charge is -2.29. The third-order valence-electron chi connectivity index (χ3n) is 8.54. The number of Topliss-reactive ketones (excluding diaryl/α,β-unsaturated/α-hetero) is 2. The number of hydrogen-bond acceptors (Lipinski definition) is 10. The molecule has 3 aliphatic heterocycles. The average molecular weight is 636 g/mol. The number of aliphatic hydroxyl groups excluding tert-OH is 1. The van der Waals surface area contributed by atoms with Crippen molar-refractivity contribution in [1.29, 1.82) is 0 Å². The van der Waals surface area contributed by atoms with Gasteiger partial charge < -0.3 is 29.7 Å². The summed E-state index contributed by atoms with van der Waals surface area (Å²) >= 11 is 0. The fraction of sp³-hybridized carbons (Fsp3) is 0.457. The SMILES string of the molecule is CC(=O)OC1C(O)C[C@H](C)CC(C)/C=C/C=C(/C)C(=O)NC2=CC(=O)c3c(c(O)c(C)c4c3C(=O)[C@@](C)(O/C=C/C[C@H]1C)O4)C2=O. The first-order valence-corrected chi connectivity index (χ1v) is 15.3. The maximum atomic E-state index is 13.7. The van der Waals surface area contributed by atoms with Gasteiger partial charge in [-0.2, -0.15) is 0 Å². The molecule has 0 fully saturated rings. The van der Waals surface area contributed by atoms with Gasteiger partial charge in [-0.3, -0.25) is 24.0 Å². The highest BCUT2D eigenvalue weighted by molar-refractivity contribution is 6.30. The minimum atomic E-state index is -1.93. The molecular weight excluding hydrogens is 594 g/mol. The Bertz CT molecular complexity index is 1600. The molecule has 3 heterocycles. The number of esters is 1. The molecule has 1 aromatic carbocycles. The van der Waals surface area contributed by atoms with Crippen LogP contribution in [-0.4, -0.2) is 57.4 Å². The van der Waals surface area contributed by atoms with E-state index in [1.54, 1.807) is 25.2 Å². The topological polar surface area (TPSA) is 166 Å². The Balaban J connectivity index is 1.75. The third kappa shape index (κ3) is 6.84. The van der Waals surface area contributed by atoms with Crippen molar-refractivity contribution < 1.29 is 48.4 Å². The molecule has 246 valence electrons. The van der Waals surface area contributed by atoms with Crippen molar-refractivity contribution in [1.82, 2.24) is 5.32 Å². The van der Waals surface area contributed by atoms with Crippen LogP contribution in [0.4, 0.5) is 0 Å². The molecule has 11 heteroatoms. The van der Waals surface area contributed by atoms with Crippen molar-refractivity contribution in [3.8, 4) is 11.5 Å². The molecule has 6 atom stereocenters. The number of aliphatic hydroxyl groups is 1. The first-order chi connectivity index (χ1) is 21.6. The summed E-state index contributed by atoms with van der Waals surface area (Å²) in [6.45, 7) is 11.4. The molecule has 5 rings (SSSR count). The standard InChI is InChI=1S/C35H41NO10/c1-17-10-8-11-20(4)34(43)36-23-16-24(38)26-27(30(23)41)29(40)21(5)32-28(26)33(42)35(7,46-32)44-13-9-12-19(3)31(45-22(6)37)25(39)15-18(2)14-17/h8-11,13,16-19,25,31,39-40H,12,14-15H2,1-7H3,(H,36,43)/b10-8+,13-9+,20-11-/t17?,18-,19-,25?,31?,35+/m1/s1. The number of fused-ring (bicyclic) bond motifs is 14. The van der Waals surface area contributed by atoms with Crippen LogP contribution in [0.25, 0.3) is 0 Å². The van der Waals surface area contributed by atoms with Gasteiger partial charge in [0, 0.05) is 31.1 Å². The third-order valence-corrected chi connectivity index (χ3v) is 8.54. The molecule has 3 N–H and O–H groups in total. The maximum absolute atomic E-state index is 13.7. The van der Waals surface area contributed by atoms with E-state index >= 15 is 0 Å². The highest BCUT2D eigenvalue weighted by Crippen LogP contribution is 2.47. The summed E-state index contributed by atoms with van der Waals surface area (Å²) in [5.41, 5.74) is -0.967. The van der Waals surface area contributed by atoms with Crippen LogP contribution in [0.1, 0.15) is 97.4 Å².